The zero-order chi connectivity index (χ0) is 11.9. The van der Waals surface area contributed by atoms with Gasteiger partial charge in [0.15, 0.2) is 5.65 Å². The third-order valence-electron chi connectivity index (χ3n) is 2.04. The highest BCUT2D eigenvalue weighted by molar-refractivity contribution is 5.99. The first kappa shape index (κ1) is 9.97. The van der Waals surface area contributed by atoms with Crippen molar-refractivity contribution in [1.29, 1.82) is 0 Å². The first-order valence-corrected chi connectivity index (χ1v) is 4.18. The third-order valence-corrected chi connectivity index (χ3v) is 2.04. The first-order valence-electron chi connectivity index (χ1n) is 4.18. The monoisotopic (exact) mass is 222 g/mol. The molecule has 0 spiro atoms. The van der Waals surface area contributed by atoms with Crippen molar-refractivity contribution >= 4 is 23.1 Å². The number of rotatable bonds is 1. The average molecular weight is 222 g/mol. The van der Waals surface area contributed by atoms with Crippen LogP contribution in [0.1, 0.15) is 10.5 Å². The fraction of sp³-hybridized carbons (Fsp3) is 0. The summed E-state index contributed by atoms with van der Waals surface area (Å²) >= 11 is 0. The molecule has 0 aliphatic heterocycles. The van der Waals surface area contributed by atoms with Crippen molar-refractivity contribution in [3.8, 4) is 5.75 Å². The van der Waals surface area contributed by atoms with Crippen molar-refractivity contribution in [2.24, 2.45) is 0 Å². The third kappa shape index (κ3) is 1.34. The predicted octanol–water partition coefficient (Wildman–Crippen LogP) is 0.966. The Morgan fingerprint density at radius 2 is 1.94 bits per heavy atom. The highest BCUT2D eigenvalue weighted by Crippen LogP contribution is 2.21. The lowest BCUT2D eigenvalue weighted by atomic mass is 10.3. The van der Waals surface area contributed by atoms with Gasteiger partial charge in [-0.25, -0.2) is 19.1 Å². The summed E-state index contributed by atoms with van der Waals surface area (Å²) in [5.41, 5.74) is -0.441. The summed E-state index contributed by atoms with van der Waals surface area (Å²) in [4.78, 5) is 25.4. The van der Waals surface area contributed by atoms with E-state index >= 15 is 0 Å². The topological polar surface area (TPSA) is 113 Å². The van der Waals surface area contributed by atoms with Gasteiger partial charge in [0.2, 0.25) is 0 Å². The summed E-state index contributed by atoms with van der Waals surface area (Å²) in [7, 11) is 0. The molecule has 7 heteroatoms. The molecule has 3 N–H and O–H groups in total. The van der Waals surface area contributed by atoms with Gasteiger partial charge in [-0.2, -0.15) is 0 Å². The van der Waals surface area contributed by atoms with E-state index in [9.17, 15) is 9.59 Å². The van der Waals surface area contributed by atoms with Gasteiger partial charge in [0.05, 0.1) is 6.20 Å². The molecule has 2 rings (SSSR count). The minimum absolute atomic E-state index is 0.0253. The summed E-state index contributed by atoms with van der Waals surface area (Å²) < 4.78 is 0.553. The number of carboxylic acid groups (broad SMARTS) is 2. The molecule has 2 heterocycles. The molecule has 0 amide bonds. The van der Waals surface area contributed by atoms with E-state index in [0.29, 0.717) is 4.57 Å². The standard InChI is InChI=1S/C9H6N2O5/c12-5-1-4-2-6(8(13)14)11(9(15)16)7(4)10-3-5/h1-3,12H,(H,13,14)(H,15,16). The van der Waals surface area contributed by atoms with Crippen molar-refractivity contribution in [3.05, 3.63) is 24.0 Å². The van der Waals surface area contributed by atoms with Gasteiger partial charge < -0.3 is 15.3 Å². The van der Waals surface area contributed by atoms with Crippen LogP contribution in [0.5, 0.6) is 5.75 Å². The smallest absolute Gasteiger partial charge is 0.417 e. The van der Waals surface area contributed by atoms with E-state index in [-0.39, 0.29) is 16.8 Å². The molecular formula is C9H6N2O5. The highest BCUT2D eigenvalue weighted by Gasteiger charge is 2.20. The second-order valence-corrected chi connectivity index (χ2v) is 3.06. The van der Waals surface area contributed by atoms with Crippen LogP contribution in [-0.2, 0) is 0 Å². The lowest BCUT2D eigenvalue weighted by Crippen LogP contribution is -2.15. The van der Waals surface area contributed by atoms with Crippen molar-refractivity contribution in [2.45, 2.75) is 0 Å². The summed E-state index contributed by atoms with van der Waals surface area (Å²) in [5, 5.41) is 27.1. The van der Waals surface area contributed by atoms with Crippen molar-refractivity contribution in [3.63, 3.8) is 0 Å². The normalized spacial score (nSPS) is 10.5. The molecule has 0 saturated carbocycles. The molecule has 0 bridgehead atoms. The number of carboxylic acids is 1. The summed E-state index contributed by atoms with van der Waals surface area (Å²) in [5.74, 6) is -1.54. The zero-order valence-electron chi connectivity index (χ0n) is 7.78. The van der Waals surface area contributed by atoms with E-state index in [2.05, 4.69) is 4.98 Å². The molecule has 0 aromatic carbocycles. The molecule has 2 aromatic heterocycles. The van der Waals surface area contributed by atoms with E-state index in [1.165, 1.54) is 6.07 Å². The van der Waals surface area contributed by atoms with E-state index < -0.39 is 17.8 Å². The summed E-state index contributed by atoms with van der Waals surface area (Å²) in [6, 6.07) is 2.38. The number of hydrogen-bond donors (Lipinski definition) is 3. The number of aromatic nitrogens is 2. The minimum atomic E-state index is -1.44. The van der Waals surface area contributed by atoms with Crippen LogP contribution in [0.3, 0.4) is 0 Å². The Balaban J connectivity index is 2.86. The maximum absolute atomic E-state index is 10.9. The van der Waals surface area contributed by atoms with Crippen LogP contribution < -0.4 is 0 Å². The van der Waals surface area contributed by atoms with Crippen LogP contribution in [0, 0.1) is 0 Å². The zero-order valence-corrected chi connectivity index (χ0v) is 7.78. The fourth-order valence-electron chi connectivity index (χ4n) is 1.43. The number of hydrogen-bond acceptors (Lipinski definition) is 4. The minimum Gasteiger partial charge on any atom is -0.506 e. The number of aromatic hydroxyl groups is 1. The molecule has 0 aliphatic rings. The molecule has 7 nitrogen and oxygen atoms in total. The lowest BCUT2D eigenvalue weighted by molar-refractivity contribution is 0.0684. The predicted molar refractivity (Wildman–Crippen MR) is 51.8 cm³/mol. The van der Waals surface area contributed by atoms with Gasteiger partial charge in [-0.15, -0.1) is 0 Å². The van der Waals surface area contributed by atoms with Crippen molar-refractivity contribution in [2.75, 3.05) is 0 Å². The van der Waals surface area contributed by atoms with E-state index in [1.54, 1.807) is 0 Å². The van der Waals surface area contributed by atoms with E-state index in [1.807, 2.05) is 0 Å². The summed E-state index contributed by atoms with van der Waals surface area (Å²) in [6.07, 6.45) is -0.390. The second kappa shape index (κ2) is 3.23. The van der Waals surface area contributed by atoms with E-state index in [0.717, 1.165) is 12.3 Å². The second-order valence-electron chi connectivity index (χ2n) is 3.06. The number of aromatic carboxylic acids is 1. The largest absolute Gasteiger partial charge is 0.506 e. The molecule has 82 valence electrons. The maximum atomic E-state index is 10.9. The molecule has 0 fully saturated rings. The van der Waals surface area contributed by atoms with Gasteiger partial charge >= 0.3 is 12.1 Å². The van der Waals surface area contributed by atoms with Crippen molar-refractivity contribution < 1.29 is 24.9 Å². The molecular weight excluding hydrogens is 216 g/mol. The quantitative estimate of drug-likeness (QED) is 0.662. The van der Waals surface area contributed by atoms with Crippen LogP contribution in [0.4, 0.5) is 4.79 Å². The molecule has 0 radical (unpaired) electrons. The molecule has 2 aromatic rings. The Bertz CT molecular complexity index is 601. The molecule has 16 heavy (non-hydrogen) atoms. The van der Waals surface area contributed by atoms with Crippen LogP contribution in [0.25, 0.3) is 11.0 Å². The van der Waals surface area contributed by atoms with Gasteiger partial charge in [0.25, 0.3) is 0 Å². The average Bonchev–Trinajstić information content (AvgIpc) is 2.55. The van der Waals surface area contributed by atoms with E-state index in [4.69, 9.17) is 15.3 Å². The number of fused-ring (bicyclic) bond motifs is 1. The summed E-state index contributed by atoms with van der Waals surface area (Å²) in [6.45, 7) is 0. The van der Waals surface area contributed by atoms with Gasteiger partial charge in [0.1, 0.15) is 11.4 Å². The Morgan fingerprint density at radius 1 is 1.25 bits per heavy atom. The van der Waals surface area contributed by atoms with Gasteiger partial charge in [-0.1, -0.05) is 0 Å². The SMILES string of the molecule is O=C(O)c1cc2cc(O)cnc2n1C(=O)O. The van der Waals surface area contributed by atoms with Gasteiger partial charge in [0, 0.05) is 5.39 Å². The van der Waals surface area contributed by atoms with Crippen LogP contribution in [-0.4, -0.2) is 36.9 Å². The van der Waals surface area contributed by atoms with Crippen LogP contribution in [0.15, 0.2) is 18.3 Å². The molecule has 0 saturated heterocycles. The van der Waals surface area contributed by atoms with Crippen LogP contribution in [0.2, 0.25) is 0 Å². The Hall–Kier alpha value is -2.57. The van der Waals surface area contributed by atoms with Gasteiger partial charge in [-0.3, -0.25) is 0 Å². The maximum Gasteiger partial charge on any atom is 0.417 e. The molecule has 0 unspecified atom stereocenters. The highest BCUT2D eigenvalue weighted by atomic mass is 16.4. The number of carbonyl (C=O) groups is 2. The number of pyridine rings is 1. The fourth-order valence-corrected chi connectivity index (χ4v) is 1.43. The van der Waals surface area contributed by atoms with Gasteiger partial charge in [-0.05, 0) is 12.1 Å². The Kier molecular flexibility index (Phi) is 2.01. The van der Waals surface area contributed by atoms with Crippen molar-refractivity contribution in [1.82, 2.24) is 9.55 Å². The number of nitrogens with zero attached hydrogens (tertiary/aromatic N) is 2. The Labute approximate surface area is 88.2 Å². The molecule has 0 aliphatic carbocycles. The molecule has 0 atom stereocenters. The first-order chi connectivity index (χ1) is 7.50. The Morgan fingerprint density at radius 3 is 2.50 bits per heavy atom. The lowest BCUT2D eigenvalue weighted by Gasteiger charge is -1.99. The van der Waals surface area contributed by atoms with Crippen LogP contribution >= 0.6 is 0 Å².